The van der Waals surface area contributed by atoms with Crippen molar-refractivity contribution in [2.75, 3.05) is 0 Å². The first kappa shape index (κ1) is 11.0. The molecular weight excluding hydrogens is 196 g/mol. The molecule has 0 bridgehead atoms. The largest absolute Gasteiger partial charge is 0.479 e. The highest BCUT2D eigenvalue weighted by atomic mass is 16.4. The maximum Gasteiger partial charge on any atom is 0.333 e. The summed E-state index contributed by atoms with van der Waals surface area (Å²) < 4.78 is 0. The number of hydrogen-bond acceptors (Lipinski definition) is 2. The number of carbonyl (C=O) groups excluding carboxylic acids is 1. The van der Waals surface area contributed by atoms with Gasteiger partial charge in [0.1, 0.15) is 0 Å². The summed E-state index contributed by atoms with van der Waals surface area (Å²) in [6, 6.07) is 7.51. The fourth-order valence-corrected chi connectivity index (χ4v) is 1.27. The SMILES string of the molecule is C[C@](NC(N)=O)(C(=O)O)c1ccccc1. The Hall–Kier alpha value is -2.04. The second-order valence-electron chi connectivity index (χ2n) is 3.29. The highest BCUT2D eigenvalue weighted by Crippen LogP contribution is 2.20. The van der Waals surface area contributed by atoms with Crippen molar-refractivity contribution in [2.24, 2.45) is 5.73 Å². The monoisotopic (exact) mass is 208 g/mol. The first-order valence-corrected chi connectivity index (χ1v) is 4.33. The van der Waals surface area contributed by atoms with E-state index in [4.69, 9.17) is 10.8 Å². The second kappa shape index (κ2) is 4.00. The number of amides is 2. The van der Waals surface area contributed by atoms with E-state index in [2.05, 4.69) is 5.32 Å². The van der Waals surface area contributed by atoms with E-state index in [1.165, 1.54) is 6.92 Å². The summed E-state index contributed by atoms with van der Waals surface area (Å²) in [5.74, 6) is -1.16. The molecule has 0 aliphatic heterocycles. The smallest absolute Gasteiger partial charge is 0.333 e. The van der Waals surface area contributed by atoms with Gasteiger partial charge in [0.05, 0.1) is 0 Å². The summed E-state index contributed by atoms with van der Waals surface area (Å²) in [5.41, 5.74) is 3.92. The zero-order chi connectivity index (χ0) is 11.5. The topological polar surface area (TPSA) is 92.4 Å². The minimum atomic E-state index is -1.49. The lowest BCUT2D eigenvalue weighted by molar-refractivity contribution is -0.144. The Balaban J connectivity index is 3.13. The van der Waals surface area contributed by atoms with Crippen molar-refractivity contribution in [3.63, 3.8) is 0 Å². The van der Waals surface area contributed by atoms with E-state index in [1.807, 2.05) is 0 Å². The Labute approximate surface area is 86.9 Å². The summed E-state index contributed by atoms with van der Waals surface area (Å²) in [7, 11) is 0. The van der Waals surface area contributed by atoms with Gasteiger partial charge in [-0.3, -0.25) is 0 Å². The number of urea groups is 1. The Kier molecular flexibility index (Phi) is 2.94. The average molecular weight is 208 g/mol. The van der Waals surface area contributed by atoms with Crippen LogP contribution in [0.15, 0.2) is 30.3 Å². The fourth-order valence-electron chi connectivity index (χ4n) is 1.27. The highest BCUT2D eigenvalue weighted by Gasteiger charge is 2.36. The minimum absolute atomic E-state index is 0.469. The van der Waals surface area contributed by atoms with Crippen molar-refractivity contribution < 1.29 is 14.7 Å². The summed E-state index contributed by atoms with van der Waals surface area (Å²) >= 11 is 0. The lowest BCUT2D eigenvalue weighted by atomic mass is 9.92. The lowest BCUT2D eigenvalue weighted by Crippen LogP contribution is -2.51. The predicted molar refractivity (Wildman–Crippen MR) is 54.1 cm³/mol. The van der Waals surface area contributed by atoms with E-state index in [0.29, 0.717) is 5.56 Å². The lowest BCUT2D eigenvalue weighted by Gasteiger charge is -2.25. The van der Waals surface area contributed by atoms with Gasteiger partial charge in [0, 0.05) is 0 Å². The number of nitrogens with one attached hydrogen (secondary N) is 1. The third-order valence-electron chi connectivity index (χ3n) is 2.15. The van der Waals surface area contributed by atoms with Gasteiger partial charge in [-0.2, -0.15) is 0 Å². The zero-order valence-electron chi connectivity index (χ0n) is 8.23. The molecule has 2 amide bonds. The van der Waals surface area contributed by atoms with Gasteiger partial charge in [-0.1, -0.05) is 30.3 Å². The zero-order valence-corrected chi connectivity index (χ0v) is 8.23. The van der Waals surface area contributed by atoms with E-state index in [9.17, 15) is 9.59 Å². The summed E-state index contributed by atoms with van der Waals surface area (Å²) in [5, 5.41) is 11.3. The molecule has 80 valence electrons. The fraction of sp³-hybridized carbons (Fsp3) is 0.200. The van der Waals surface area contributed by atoms with Gasteiger partial charge in [-0.15, -0.1) is 0 Å². The molecule has 15 heavy (non-hydrogen) atoms. The summed E-state index contributed by atoms with van der Waals surface area (Å²) in [4.78, 5) is 21.8. The number of carboxylic acid groups (broad SMARTS) is 1. The maximum atomic E-state index is 11.1. The molecule has 0 fully saturated rings. The van der Waals surface area contributed by atoms with Gasteiger partial charge in [-0.25, -0.2) is 9.59 Å². The van der Waals surface area contributed by atoms with Crippen molar-refractivity contribution in [2.45, 2.75) is 12.5 Å². The molecule has 0 aliphatic rings. The van der Waals surface area contributed by atoms with Crippen LogP contribution >= 0.6 is 0 Å². The average Bonchev–Trinajstić information content (AvgIpc) is 2.17. The number of rotatable bonds is 3. The molecule has 0 saturated heterocycles. The highest BCUT2D eigenvalue weighted by molar-refractivity contribution is 5.86. The van der Waals surface area contributed by atoms with E-state index < -0.39 is 17.5 Å². The van der Waals surface area contributed by atoms with Crippen LogP contribution in [0.4, 0.5) is 4.79 Å². The van der Waals surface area contributed by atoms with Gasteiger partial charge >= 0.3 is 12.0 Å². The standard InChI is InChI=1S/C10H12N2O3/c1-10(8(13)14,12-9(11)15)7-5-3-2-4-6-7/h2-6H,1H3,(H,13,14)(H3,11,12,15)/t10-/m1/s1. The molecule has 1 atom stereocenters. The second-order valence-corrected chi connectivity index (χ2v) is 3.29. The molecule has 0 unspecified atom stereocenters. The molecule has 1 aromatic carbocycles. The third kappa shape index (κ3) is 2.25. The number of carbonyl (C=O) groups is 2. The minimum Gasteiger partial charge on any atom is -0.479 e. The number of benzene rings is 1. The van der Waals surface area contributed by atoms with Gasteiger partial charge in [0.2, 0.25) is 0 Å². The molecule has 1 rings (SSSR count). The van der Waals surface area contributed by atoms with Crippen molar-refractivity contribution in [3.05, 3.63) is 35.9 Å². The van der Waals surface area contributed by atoms with E-state index in [1.54, 1.807) is 30.3 Å². The Morgan fingerprint density at radius 3 is 2.27 bits per heavy atom. The Morgan fingerprint density at radius 1 is 1.33 bits per heavy atom. The van der Waals surface area contributed by atoms with Crippen molar-refractivity contribution in [1.29, 1.82) is 0 Å². The first-order valence-electron chi connectivity index (χ1n) is 4.33. The molecule has 0 aliphatic carbocycles. The van der Waals surface area contributed by atoms with Crippen molar-refractivity contribution >= 4 is 12.0 Å². The maximum absolute atomic E-state index is 11.1. The molecule has 0 spiro atoms. The van der Waals surface area contributed by atoms with Crippen LogP contribution in [0.3, 0.4) is 0 Å². The van der Waals surface area contributed by atoms with Gasteiger partial charge < -0.3 is 16.2 Å². The summed E-state index contributed by atoms with van der Waals surface area (Å²) in [6.07, 6.45) is 0. The van der Waals surface area contributed by atoms with Crippen LogP contribution in [-0.4, -0.2) is 17.1 Å². The molecular formula is C10H12N2O3. The molecule has 5 heteroatoms. The van der Waals surface area contributed by atoms with Crippen molar-refractivity contribution in [1.82, 2.24) is 5.32 Å². The van der Waals surface area contributed by atoms with Crippen LogP contribution in [0.25, 0.3) is 0 Å². The number of nitrogens with two attached hydrogens (primary N) is 1. The molecule has 5 nitrogen and oxygen atoms in total. The quantitative estimate of drug-likeness (QED) is 0.681. The van der Waals surface area contributed by atoms with Crippen LogP contribution in [0.2, 0.25) is 0 Å². The summed E-state index contributed by atoms with van der Waals surface area (Å²) in [6.45, 7) is 1.38. The normalized spacial score (nSPS) is 13.9. The van der Waals surface area contributed by atoms with E-state index >= 15 is 0 Å². The van der Waals surface area contributed by atoms with Gasteiger partial charge in [0.25, 0.3) is 0 Å². The van der Waals surface area contributed by atoms with Crippen LogP contribution in [0, 0.1) is 0 Å². The molecule has 0 saturated carbocycles. The Bertz CT molecular complexity index is 378. The molecule has 0 aromatic heterocycles. The van der Waals surface area contributed by atoms with Crippen molar-refractivity contribution in [3.8, 4) is 0 Å². The number of hydrogen-bond donors (Lipinski definition) is 3. The van der Waals surface area contributed by atoms with Crippen LogP contribution in [0.1, 0.15) is 12.5 Å². The molecule has 0 radical (unpaired) electrons. The van der Waals surface area contributed by atoms with E-state index in [-0.39, 0.29) is 0 Å². The van der Waals surface area contributed by atoms with Gasteiger partial charge in [-0.05, 0) is 12.5 Å². The predicted octanol–water partition coefficient (Wildman–Crippen LogP) is 0.655. The third-order valence-corrected chi connectivity index (χ3v) is 2.15. The van der Waals surface area contributed by atoms with Crippen LogP contribution in [-0.2, 0) is 10.3 Å². The van der Waals surface area contributed by atoms with Crippen LogP contribution < -0.4 is 11.1 Å². The first-order chi connectivity index (χ1) is 6.97. The van der Waals surface area contributed by atoms with Crippen LogP contribution in [0.5, 0.6) is 0 Å². The number of carboxylic acids is 1. The molecule has 1 aromatic rings. The number of aliphatic carboxylic acids is 1. The Morgan fingerprint density at radius 2 is 1.87 bits per heavy atom. The number of primary amides is 1. The van der Waals surface area contributed by atoms with Gasteiger partial charge in [0.15, 0.2) is 5.54 Å². The van der Waals surface area contributed by atoms with E-state index in [0.717, 1.165) is 0 Å². The molecule has 4 N–H and O–H groups in total. The molecule has 0 heterocycles.